The molecule has 100 valence electrons. The van der Waals surface area contributed by atoms with Crippen LogP contribution in [0.1, 0.15) is 38.3 Å². The average Bonchev–Trinajstić information content (AvgIpc) is 2.87. The monoisotopic (exact) mass is 252 g/mol. The predicted molar refractivity (Wildman–Crippen MR) is 66.4 cm³/mol. The Hall–Kier alpha value is -1.36. The lowest BCUT2D eigenvalue weighted by molar-refractivity contribution is -0.136. The minimum atomic E-state index is -0.887. The number of likely N-dealkylation sites (tertiary alicyclic amines) is 1. The first-order valence-corrected chi connectivity index (χ1v) is 6.47. The molecule has 0 amide bonds. The Morgan fingerprint density at radius 2 is 2.44 bits per heavy atom. The van der Waals surface area contributed by atoms with Gasteiger partial charge < -0.3 is 9.52 Å². The van der Waals surface area contributed by atoms with Crippen molar-refractivity contribution in [3.8, 4) is 0 Å². The lowest BCUT2D eigenvalue weighted by atomic mass is 10.1. The van der Waals surface area contributed by atoms with Gasteiger partial charge in [0.2, 0.25) is 0 Å². The molecule has 1 saturated heterocycles. The molecule has 1 aromatic rings. The molecule has 5 nitrogen and oxygen atoms in total. The van der Waals surface area contributed by atoms with Gasteiger partial charge in [-0.3, -0.25) is 9.69 Å². The number of aliphatic carboxylic acids is 1. The van der Waals surface area contributed by atoms with Crippen LogP contribution in [0.3, 0.4) is 0 Å². The summed E-state index contributed by atoms with van der Waals surface area (Å²) in [5.74, 6) is 0.206. The molecular formula is C13H20N2O3. The van der Waals surface area contributed by atoms with Gasteiger partial charge in [-0.05, 0) is 33.2 Å². The van der Waals surface area contributed by atoms with E-state index in [0.29, 0.717) is 23.7 Å². The van der Waals surface area contributed by atoms with Gasteiger partial charge >= 0.3 is 5.97 Å². The Bertz CT molecular complexity index is 414. The highest BCUT2D eigenvalue weighted by Gasteiger charge is 2.27. The Morgan fingerprint density at radius 3 is 3.11 bits per heavy atom. The maximum absolute atomic E-state index is 10.6. The molecule has 1 aliphatic rings. The van der Waals surface area contributed by atoms with Gasteiger partial charge in [-0.2, -0.15) is 0 Å². The summed E-state index contributed by atoms with van der Waals surface area (Å²) >= 11 is 0. The third-order valence-electron chi connectivity index (χ3n) is 3.42. The first-order valence-electron chi connectivity index (χ1n) is 6.47. The fourth-order valence-corrected chi connectivity index (χ4v) is 2.63. The Morgan fingerprint density at radius 1 is 1.67 bits per heavy atom. The summed E-state index contributed by atoms with van der Waals surface area (Å²) in [4.78, 5) is 17.2. The molecule has 5 heteroatoms. The van der Waals surface area contributed by atoms with Crippen LogP contribution in [0, 0.1) is 0 Å². The molecular weight excluding hydrogens is 232 g/mol. The maximum Gasteiger partial charge on any atom is 0.311 e. The van der Waals surface area contributed by atoms with Crippen LogP contribution in [0.15, 0.2) is 10.6 Å². The normalized spacial score (nSPS) is 20.7. The van der Waals surface area contributed by atoms with Crippen LogP contribution >= 0.6 is 0 Å². The number of hydrogen-bond acceptors (Lipinski definition) is 4. The first-order chi connectivity index (χ1) is 8.56. The molecule has 0 saturated carbocycles. The number of aromatic nitrogens is 1. The highest BCUT2D eigenvalue weighted by molar-refractivity contribution is 5.69. The van der Waals surface area contributed by atoms with E-state index in [9.17, 15) is 4.79 Å². The molecule has 2 heterocycles. The van der Waals surface area contributed by atoms with Crippen LogP contribution in [0.4, 0.5) is 0 Å². The summed E-state index contributed by atoms with van der Waals surface area (Å²) in [6.45, 7) is 5.53. The zero-order valence-electron chi connectivity index (χ0n) is 10.9. The van der Waals surface area contributed by atoms with Crippen LogP contribution < -0.4 is 0 Å². The van der Waals surface area contributed by atoms with Crippen LogP contribution in [-0.2, 0) is 17.6 Å². The van der Waals surface area contributed by atoms with Crippen molar-refractivity contribution in [2.24, 2.45) is 0 Å². The fourth-order valence-electron chi connectivity index (χ4n) is 2.63. The van der Waals surface area contributed by atoms with Gasteiger partial charge in [-0.25, -0.2) is 4.98 Å². The van der Waals surface area contributed by atoms with Crippen molar-refractivity contribution in [1.29, 1.82) is 0 Å². The van der Waals surface area contributed by atoms with Crippen LogP contribution in [-0.4, -0.2) is 39.6 Å². The zero-order valence-corrected chi connectivity index (χ0v) is 10.9. The van der Waals surface area contributed by atoms with Gasteiger partial charge in [0.05, 0.1) is 6.20 Å². The summed E-state index contributed by atoms with van der Waals surface area (Å²) in [7, 11) is 0. The van der Waals surface area contributed by atoms with Gasteiger partial charge in [0.1, 0.15) is 12.2 Å². The molecule has 1 aliphatic heterocycles. The Kier molecular flexibility index (Phi) is 4.01. The van der Waals surface area contributed by atoms with Crippen LogP contribution in [0.2, 0.25) is 0 Å². The lowest BCUT2D eigenvalue weighted by Gasteiger charge is -2.27. The Balaban J connectivity index is 1.96. The van der Waals surface area contributed by atoms with E-state index >= 15 is 0 Å². The second-order valence-electron chi connectivity index (χ2n) is 5.12. The van der Waals surface area contributed by atoms with Gasteiger partial charge in [0.25, 0.3) is 0 Å². The first kappa shape index (κ1) is 13.1. The molecule has 0 spiro atoms. The SMILES string of the molecule is CC(C)N1CCCC1Cc1ncc(CC(=O)O)o1. The van der Waals surface area contributed by atoms with Crippen molar-refractivity contribution in [3.63, 3.8) is 0 Å². The Labute approximate surface area is 107 Å². The number of carboxylic acid groups (broad SMARTS) is 1. The zero-order chi connectivity index (χ0) is 13.1. The number of hydrogen-bond donors (Lipinski definition) is 1. The van der Waals surface area contributed by atoms with E-state index in [2.05, 4.69) is 23.7 Å². The van der Waals surface area contributed by atoms with Crippen molar-refractivity contribution in [1.82, 2.24) is 9.88 Å². The van der Waals surface area contributed by atoms with E-state index in [0.717, 1.165) is 19.4 Å². The van der Waals surface area contributed by atoms with Crippen molar-refractivity contribution < 1.29 is 14.3 Å². The van der Waals surface area contributed by atoms with E-state index in [1.807, 2.05) is 0 Å². The van der Waals surface area contributed by atoms with Crippen molar-refractivity contribution in [2.75, 3.05) is 6.54 Å². The number of carboxylic acids is 1. The van der Waals surface area contributed by atoms with Crippen molar-refractivity contribution in [2.45, 2.75) is 51.6 Å². The molecule has 1 fully saturated rings. The number of rotatable bonds is 5. The minimum absolute atomic E-state index is 0.0917. The highest BCUT2D eigenvalue weighted by atomic mass is 16.4. The third-order valence-corrected chi connectivity index (χ3v) is 3.42. The molecule has 1 aromatic heterocycles. The molecule has 18 heavy (non-hydrogen) atoms. The maximum atomic E-state index is 10.6. The molecule has 1 unspecified atom stereocenters. The lowest BCUT2D eigenvalue weighted by Crippen LogP contribution is -2.36. The van der Waals surface area contributed by atoms with Crippen LogP contribution in [0.25, 0.3) is 0 Å². The molecule has 0 radical (unpaired) electrons. The summed E-state index contributed by atoms with van der Waals surface area (Å²) in [5, 5.41) is 8.68. The summed E-state index contributed by atoms with van der Waals surface area (Å²) in [6.07, 6.45) is 4.59. The molecule has 0 aliphatic carbocycles. The summed E-state index contributed by atoms with van der Waals surface area (Å²) in [5.41, 5.74) is 0. The number of carbonyl (C=O) groups is 1. The quantitative estimate of drug-likeness (QED) is 0.864. The van der Waals surface area contributed by atoms with Crippen molar-refractivity contribution >= 4 is 5.97 Å². The van der Waals surface area contributed by atoms with Crippen molar-refractivity contribution in [3.05, 3.63) is 17.8 Å². The molecule has 0 bridgehead atoms. The van der Waals surface area contributed by atoms with E-state index in [1.165, 1.54) is 12.6 Å². The molecule has 0 aromatic carbocycles. The highest BCUT2D eigenvalue weighted by Crippen LogP contribution is 2.23. The number of nitrogens with zero attached hydrogens (tertiary/aromatic N) is 2. The van der Waals surface area contributed by atoms with Gasteiger partial charge in [0.15, 0.2) is 5.89 Å². The summed E-state index contributed by atoms with van der Waals surface area (Å²) in [6, 6.07) is 1.01. The van der Waals surface area contributed by atoms with E-state index in [4.69, 9.17) is 9.52 Å². The fraction of sp³-hybridized carbons (Fsp3) is 0.692. The smallest absolute Gasteiger partial charge is 0.311 e. The van der Waals surface area contributed by atoms with E-state index in [1.54, 1.807) is 0 Å². The topological polar surface area (TPSA) is 66.6 Å². The second kappa shape index (κ2) is 5.52. The molecule has 2 rings (SSSR count). The largest absolute Gasteiger partial charge is 0.481 e. The molecule has 1 N–H and O–H groups in total. The van der Waals surface area contributed by atoms with E-state index in [-0.39, 0.29) is 6.42 Å². The van der Waals surface area contributed by atoms with Crippen LogP contribution in [0.5, 0.6) is 0 Å². The predicted octanol–water partition coefficient (Wildman–Crippen LogP) is 1.72. The van der Waals surface area contributed by atoms with Gasteiger partial charge in [-0.1, -0.05) is 0 Å². The standard InChI is InChI=1S/C13H20N2O3/c1-9(2)15-5-3-4-10(15)6-12-14-8-11(18-12)7-13(16)17/h8-10H,3-7H2,1-2H3,(H,16,17). The van der Waals surface area contributed by atoms with Gasteiger partial charge in [0, 0.05) is 18.5 Å². The average molecular weight is 252 g/mol. The van der Waals surface area contributed by atoms with E-state index < -0.39 is 5.97 Å². The summed E-state index contributed by atoms with van der Waals surface area (Å²) < 4.78 is 5.47. The van der Waals surface area contributed by atoms with Gasteiger partial charge in [-0.15, -0.1) is 0 Å². The second-order valence-corrected chi connectivity index (χ2v) is 5.12. The molecule has 1 atom stereocenters. The third kappa shape index (κ3) is 3.10. The minimum Gasteiger partial charge on any atom is -0.481 e. The number of oxazole rings is 1.